The maximum atomic E-state index is 9.05. The average molecular weight is 234 g/mol. The number of hydrogen-bond acceptors (Lipinski definition) is 4. The Hall–Kier alpha value is -1.57. The van der Waals surface area contributed by atoms with Crippen LogP contribution in [0.2, 0.25) is 0 Å². The van der Waals surface area contributed by atoms with E-state index in [1.54, 1.807) is 19.2 Å². The zero-order valence-electron chi connectivity index (χ0n) is 10.2. The van der Waals surface area contributed by atoms with Gasteiger partial charge in [0.05, 0.1) is 19.3 Å². The number of benzene rings is 1. The average Bonchev–Trinajstić information content (AvgIpc) is 2.39. The Morgan fingerprint density at radius 1 is 1.53 bits per heavy atom. The highest BCUT2D eigenvalue weighted by Crippen LogP contribution is 2.18. The fourth-order valence-corrected chi connectivity index (χ4v) is 1.55. The number of ether oxygens (including phenoxy) is 1. The van der Waals surface area contributed by atoms with Crippen LogP contribution in [-0.2, 0) is 6.54 Å². The molecular formula is C13H18N2O2. The summed E-state index contributed by atoms with van der Waals surface area (Å²) in [6.07, 6.45) is 0.873. The van der Waals surface area contributed by atoms with Crippen LogP contribution >= 0.6 is 0 Å². The molecule has 0 radical (unpaired) electrons. The van der Waals surface area contributed by atoms with Crippen molar-refractivity contribution in [2.45, 2.75) is 25.9 Å². The molecule has 0 fully saturated rings. The van der Waals surface area contributed by atoms with E-state index in [4.69, 9.17) is 15.1 Å². The number of nitrogens with zero attached hydrogens (tertiary/aromatic N) is 1. The fraction of sp³-hybridized carbons (Fsp3) is 0.462. The van der Waals surface area contributed by atoms with E-state index in [1.165, 1.54) is 0 Å². The molecule has 1 aromatic carbocycles. The van der Waals surface area contributed by atoms with Crippen LogP contribution in [0.5, 0.6) is 5.75 Å². The van der Waals surface area contributed by atoms with Gasteiger partial charge in [-0.3, -0.25) is 0 Å². The van der Waals surface area contributed by atoms with Crippen molar-refractivity contribution in [2.75, 3.05) is 13.7 Å². The number of hydrogen-bond donors (Lipinski definition) is 2. The van der Waals surface area contributed by atoms with Gasteiger partial charge in [-0.25, -0.2) is 0 Å². The van der Waals surface area contributed by atoms with Crippen LogP contribution in [0.3, 0.4) is 0 Å². The topological polar surface area (TPSA) is 65.3 Å². The van der Waals surface area contributed by atoms with Crippen LogP contribution in [0.25, 0.3) is 0 Å². The molecule has 4 nitrogen and oxygen atoms in total. The SMILES string of the molecule is CCC(CO)NCc1ccc(OC)c(C#N)c1. The molecule has 4 heteroatoms. The van der Waals surface area contributed by atoms with E-state index < -0.39 is 0 Å². The molecule has 0 aliphatic carbocycles. The van der Waals surface area contributed by atoms with Crippen LogP contribution in [0.4, 0.5) is 0 Å². The van der Waals surface area contributed by atoms with Crippen molar-refractivity contribution in [3.05, 3.63) is 29.3 Å². The van der Waals surface area contributed by atoms with Gasteiger partial charge in [0, 0.05) is 12.6 Å². The highest BCUT2D eigenvalue weighted by Gasteiger charge is 2.06. The maximum Gasteiger partial charge on any atom is 0.136 e. The third-order valence-corrected chi connectivity index (χ3v) is 2.69. The summed E-state index contributed by atoms with van der Waals surface area (Å²) in [5.74, 6) is 0.588. The van der Waals surface area contributed by atoms with Crippen LogP contribution in [0.1, 0.15) is 24.5 Å². The zero-order valence-corrected chi connectivity index (χ0v) is 10.2. The van der Waals surface area contributed by atoms with Crippen LogP contribution in [0, 0.1) is 11.3 Å². The quantitative estimate of drug-likeness (QED) is 0.781. The van der Waals surface area contributed by atoms with Crippen LogP contribution in [-0.4, -0.2) is 24.9 Å². The molecule has 0 aromatic heterocycles. The Bertz CT molecular complexity index is 395. The first-order chi connectivity index (χ1) is 8.24. The van der Waals surface area contributed by atoms with Crippen molar-refractivity contribution < 1.29 is 9.84 Å². The Kier molecular flexibility index (Phi) is 5.47. The lowest BCUT2D eigenvalue weighted by Crippen LogP contribution is -2.31. The molecule has 1 aromatic rings. The molecule has 1 unspecified atom stereocenters. The van der Waals surface area contributed by atoms with Gasteiger partial charge in [-0.15, -0.1) is 0 Å². The molecule has 1 rings (SSSR count). The summed E-state index contributed by atoms with van der Waals surface area (Å²) in [5, 5.41) is 21.2. The maximum absolute atomic E-state index is 9.05. The number of aliphatic hydroxyl groups is 1. The molecular weight excluding hydrogens is 216 g/mol. The third-order valence-electron chi connectivity index (χ3n) is 2.69. The van der Waals surface area contributed by atoms with Gasteiger partial charge >= 0.3 is 0 Å². The highest BCUT2D eigenvalue weighted by atomic mass is 16.5. The predicted octanol–water partition coefficient (Wildman–Crippen LogP) is 1.43. The largest absolute Gasteiger partial charge is 0.495 e. The van der Waals surface area contributed by atoms with Gasteiger partial charge in [-0.1, -0.05) is 13.0 Å². The van der Waals surface area contributed by atoms with Gasteiger partial charge < -0.3 is 15.2 Å². The summed E-state index contributed by atoms with van der Waals surface area (Å²) in [7, 11) is 1.55. The summed E-state index contributed by atoms with van der Waals surface area (Å²) >= 11 is 0. The minimum absolute atomic E-state index is 0.0997. The molecule has 0 saturated carbocycles. The fourth-order valence-electron chi connectivity index (χ4n) is 1.55. The van der Waals surface area contributed by atoms with Gasteiger partial charge in [-0.05, 0) is 24.1 Å². The number of aliphatic hydroxyl groups excluding tert-OH is 1. The van der Waals surface area contributed by atoms with Gasteiger partial charge in [0.1, 0.15) is 11.8 Å². The van der Waals surface area contributed by atoms with Crippen molar-refractivity contribution in [1.29, 1.82) is 5.26 Å². The molecule has 0 amide bonds. The van der Waals surface area contributed by atoms with Gasteiger partial charge in [0.2, 0.25) is 0 Å². The first-order valence-corrected chi connectivity index (χ1v) is 5.66. The summed E-state index contributed by atoms with van der Waals surface area (Å²) in [6.45, 7) is 2.78. The van der Waals surface area contributed by atoms with Gasteiger partial charge in [0.15, 0.2) is 0 Å². The number of nitrogens with one attached hydrogen (secondary N) is 1. The normalized spacial score (nSPS) is 11.9. The van der Waals surface area contributed by atoms with E-state index in [0.29, 0.717) is 17.9 Å². The van der Waals surface area contributed by atoms with E-state index in [-0.39, 0.29) is 12.6 Å². The lowest BCUT2D eigenvalue weighted by molar-refractivity contribution is 0.238. The Morgan fingerprint density at radius 2 is 2.29 bits per heavy atom. The monoisotopic (exact) mass is 234 g/mol. The van der Waals surface area contributed by atoms with Gasteiger partial charge in [0.25, 0.3) is 0 Å². The van der Waals surface area contributed by atoms with E-state index in [9.17, 15) is 0 Å². The molecule has 0 aliphatic rings. The highest BCUT2D eigenvalue weighted by molar-refractivity contribution is 5.45. The molecule has 0 heterocycles. The van der Waals surface area contributed by atoms with E-state index in [0.717, 1.165) is 12.0 Å². The summed E-state index contributed by atoms with van der Waals surface area (Å²) in [6, 6.07) is 7.70. The second-order valence-corrected chi connectivity index (χ2v) is 3.82. The smallest absolute Gasteiger partial charge is 0.136 e. The minimum atomic E-state index is 0.0997. The van der Waals surface area contributed by atoms with E-state index >= 15 is 0 Å². The van der Waals surface area contributed by atoms with Crippen molar-refractivity contribution in [2.24, 2.45) is 0 Å². The zero-order chi connectivity index (χ0) is 12.7. The van der Waals surface area contributed by atoms with Gasteiger partial charge in [-0.2, -0.15) is 5.26 Å². The Labute approximate surface area is 102 Å². The predicted molar refractivity (Wildman–Crippen MR) is 65.7 cm³/mol. The molecule has 17 heavy (non-hydrogen) atoms. The van der Waals surface area contributed by atoms with E-state index in [2.05, 4.69) is 11.4 Å². The molecule has 92 valence electrons. The third kappa shape index (κ3) is 3.74. The standard InChI is InChI=1S/C13H18N2O2/c1-3-12(9-16)15-8-10-4-5-13(17-2)11(6-10)7-14/h4-6,12,15-16H,3,8-9H2,1-2H3. The second-order valence-electron chi connectivity index (χ2n) is 3.82. The summed E-state index contributed by atoms with van der Waals surface area (Å²) in [4.78, 5) is 0. The molecule has 0 saturated heterocycles. The lowest BCUT2D eigenvalue weighted by Gasteiger charge is -2.14. The van der Waals surface area contributed by atoms with Crippen LogP contribution < -0.4 is 10.1 Å². The molecule has 0 aliphatic heterocycles. The van der Waals surface area contributed by atoms with Crippen molar-refractivity contribution in [1.82, 2.24) is 5.32 Å². The van der Waals surface area contributed by atoms with Crippen LogP contribution in [0.15, 0.2) is 18.2 Å². The van der Waals surface area contributed by atoms with Crippen molar-refractivity contribution >= 4 is 0 Å². The molecule has 2 N–H and O–H groups in total. The Morgan fingerprint density at radius 3 is 2.82 bits per heavy atom. The van der Waals surface area contributed by atoms with E-state index in [1.807, 2.05) is 13.0 Å². The first-order valence-electron chi connectivity index (χ1n) is 5.66. The molecule has 0 bridgehead atoms. The number of methoxy groups -OCH3 is 1. The number of nitriles is 1. The first kappa shape index (κ1) is 13.5. The summed E-state index contributed by atoms with van der Waals surface area (Å²) in [5.41, 5.74) is 1.54. The van der Waals surface area contributed by atoms with Crippen molar-refractivity contribution in [3.63, 3.8) is 0 Å². The Balaban J connectivity index is 2.70. The second kappa shape index (κ2) is 6.89. The lowest BCUT2D eigenvalue weighted by atomic mass is 10.1. The summed E-state index contributed by atoms with van der Waals surface area (Å²) < 4.78 is 5.08. The minimum Gasteiger partial charge on any atom is -0.495 e. The molecule has 1 atom stereocenters. The number of rotatable bonds is 6. The van der Waals surface area contributed by atoms with Crippen molar-refractivity contribution in [3.8, 4) is 11.8 Å². The molecule has 0 spiro atoms.